The Labute approximate surface area is 82.8 Å². The van der Waals surface area contributed by atoms with Gasteiger partial charge in [0.25, 0.3) is 0 Å². The van der Waals surface area contributed by atoms with Crippen LogP contribution in [0.25, 0.3) is 0 Å². The van der Waals surface area contributed by atoms with Gasteiger partial charge in [0.1, 0.15) is 0 Å². The quantitative estimate of drug-likeness (QED) is 0.503. The van der Waals surface area contributed by atoms with Crippen molar-refractivity contribution in [1.29, 1.82) is 0 Å². The van der Waals surface area contributed by atoms with E-state index < -0.39 is 0 Å². The van der Waals surface area contributed by atoms with Crippen LogP contribution in [0.15, 0.2) is 9.98 Å². The lowest BCUT2D eigenvalue weighted by molar-refractivity contribution is 0.391. The molecule has 4 heteroatoms. The molecule has 12 heavy (non-hydrogen) atoms. The molecule has 0 aromatic heterocycles. The normalized spacial score (nSPS) is 28.3. The van der Waals surface area contributed by atoms with Gasteiger partial charge in [-0.15, -0.1) is 0 Å². The van der Waals surface area contributed by atoms with Gasteiger partial charge in [-0.25, -0.2) is 9.98 Å². The molecule has 2 atom stereocenters. The summed E-state index contributed by atoms with van der Waals surface area (Å²) in [6, 6.07) is 0.401. The minimum atomic E-state index is 0.201. The number of isothiocyanates is 2. The van der Waals surface area contributed by atoms with Gasteiger partial charge in [0.15, 0.2) is 0 Å². The van der Waals surface area contributed by atoms with E-state index in [-0.39, 0.29) is 12.1 Å². The first kappa shape index (κ1) is 9.69. The molecule has 0 aromatic carbocycles. The van der Waals surface area contributed by atoms with Crippen LogP contribution in [0.1, 0.15) is 25.7 Å². The zero-order chi connectivity index (χ0) is 8.81. The molecule has 0 unspecified atom stereocenters. The van der Waals surface area contributed by atoms with Crippen LogP contribution in [-0.2, 0) is 0 Å². The molecule has 0 heterocycles. The van der Waals surface area contributed by atoms with Crippen LogP contribution in [-0.4, -0.2) is 22.4 Å². The fourth-order valence-corrected chi connectivity index (χ4v) is 1.80. The molecule has 0 aromatic rings. The average Bonchev–Trinajstić information content (AvgIpc) is 2.09. The molecule has 64 valence electrons. The Bertz CT molecular complexity index is 213. The Morgan fingerprint density at radius 1 is 0.917 bits per heavy atom. The summed E-state index contributed by atoms with van der Waals surface area (Å²) in [5, 5.41) is 4.82. The number of aliphatic imine (C=N–C) groups is 2. The van der Waals surface area contributed by atoms with Crippen molar-refractivity contribution in [3.8, 4) is 0 Å². The molecule has 0 aliphatic heterocycles. The SMILES string of the molecule is S=C=N[C@@H]1CCCC[C@H]1N=C=S. The molecular formula is C8H10N2S2. The van der Waals surface area contributed by atoms with E-state index in [1.807, 2.05) is 0 Å². The maximum Gasteiger partial charge on any atom is 0.0834 e. The number of rotatable bonds is 2. The van der Waals surface area contributed by atoms with Gasteiger partial charge in [0.05, 0.1) is 22.4 Å². The molecule has 1 aliphatic rings. The topological polar surface area (TPSA) is 24.7 Å². The molecule has 0 saturated heterocycles. The van der Waals surface area contributed by atoms with Crippen molar-refractivity contribution < 1.29 is 0 Å². The lowest BCUT2D eigenvalue weighted by Crippen LogP contribution is -2.26. The summed E-state index contributed by atoms with van der Waals surface area (Å²) in [5.41, 5.74) is 0. The van der Waals surface area contributed by atoms with E-state index in [1.54, 1.807) is 0 Å². The largest absolute Gasteiger partial charge is 0.227 e. The van der Waals surface area contributed by atoms with E-state index in [4.69, 9.17) is 0 Å². The summed E-state index contributed by atoms with van der Waals surface area (Å²) < 4.78 is 0. The van der Waals surface area contributed by atoms with Gasteiger partial charge in [-0.3, -0.25) is 0 Å². The first-order valence-electron chi connectivity index (χ1n) is 4.02. The number of nitrogens with zero attached hydrogens (tertiary/aromatic N) is 2. The van der Waals surface area contributed by atoms with Gasteiger partial charge >= 0.3 is 0 Å². The lowest BCUT2D eigenvalue weighted by atomic mass is 9.91. The third-order valence-electron chi connectivity index (χ3n) is 2.13. The van der Waals surface area contributed by atoms with Gasteiger partial charge in [0, 0.05) is 0 Å². The fourth-order valence-electron chi connectivity index (χ4n) is 1.53. The van der Waals surface area contributed by atoms with Gasteiger partial charge in [-0.05, 0) is 37.3 Å². The zero-order valence-corrected chi connectivity index (χ0v) is 8.33. The van der Waals surface area contributed by atoms with Crippen molar-refractivity contribution in [2.45, 2.75) is 37.8 Å². The summed E-state index contributed by atoms with van der Waals surface area (Å²) in [7, 11) is 0. The Morgan fingerprint density at radius 2 is 1.33 bits per heavy atom. The first-order valence-corrected chi connectivity index (χ1v) is 4.84. The highest BCUT2D eigenvalue weighted by Gasteiger charge is 2.23. The van der Waals surface area contributed by atoms with Crippen LogP contribution in [0.4, 0.5) is 0 Å². The highest BCUT2D eigenvalue weighted by molar-refractivity contribution is 7.78. The standard InChI is InChI=1S/C8H10N2S2/c11-5-9-7-3-1-2-4-8(7)10-6-12/h7-8H,1-4H2/t7-,8-/m1/s1. The highest BCUT2D eigenvalue weighted by atomic mass is 32.1. The number of hydrogen-bond acceptors (Lipinski definition) is 4. The third kappa shape index (κ3) is 2.58. The fraction of sp³-hybridized carbons (Fsp3) is 0.750. The van der Waals surface area contributed by atoms with Gasteiger partial charge in [0.2, 0.25) is 0 Å². The zero-order valence-electron chi connectivity index (χ0n) is 6.69. The monoisotopic (exact) mass is 198 g/mol. The third-order valence-corrected chi connectivity index (χ3v) is 2.34. The molecule has 0 spiro atoms. The Morgan fingerprint density at radius 3 is 1.67 bits per heavy atom. The van der Waals surface area contributed by atoms with E-state index in [1.165, 1.54) is 12.8 Å². The molecule has 1 fully saturated rings. The molecule has 0 radical (unpaired) electrons. The van der Waals surface area contributed by atoms with Crippen LogP contribution >= 0.6 is 24.4 Å². The predicted molar refractivity (Wildman–Crippen MR) is 56.1 cm³/mol. The molecule has 0 bridgehead atoms. The number of thiocarbonyl (C=S) groups is 2. The predicted octanol–water partition coefficient (Wildman–Crippen LogP) is 2.50. The van der Waals surface area contributed by atoms with Crippen LogP contribution in [0.2, 0.25) is 0 Å². The lowest BCUT2D eigenvalue weighted by Gasteiger charge is -2.23. The highest BCUT2D eigenvalue weighted by Crippen LogP contribution is 2.23. The molecule has 0 amide bonds. The maximum atomic E-state index is 4.57. The maximum absolute atomic E-state index is 4.57. The Hall–Kier alpha value is -0.400. The Balaban J connectivity index is 2.65. The average molecular weight is 198 g/mol. The molecule has 1 rings (SSSR count). The summed E-state index contributed by atoms with van der Waals surface area (Å²) in [6.07, 6.45) is 4.51. The molecular weight excluding hydrogens is 188 g/mol. The Kier molecular flexibility index (Phi) is 4.26. The second kappa shape index (κ2) is 5.28. The van der Waals surface area contributed by atoms with Gasteiger partial charge < -0.3 is 0 Å². The van der Waals surface area contributed by atoms with E-state index >= 15 is 0 Å². The second-order valence-corrected chi connectivity index (χ2v) is 3.23. The van der Waals surface area contributed by atoms with Crippen molar-refractivity contribution in [2.75, 3.05) is 0 Å². The van der Waals surface area contributed by atoms with Gasteiger partial charge in [-0.1, -0.05) is 12.8 Å². The number of hydrogen-bond donors (Lipinski definition) is 0. The van der Waals surface area contributed by atoms with Crippen molar-refractivity contribution in [3.05, 3.63) is 0 Å². The minimum absolute atomic E-state index is 0.201. The van der Waals surface area contributed by atoms with Crippen LogP contribution in [0.5, 0.6) is 0 Å². The van der Waals surface area contributed by atoms with Gasteiger partial charge in [-0.2, -0.15) is 0 Å². The van der Waals surface area contributed by atoms with E-state index in [0.717, 1.165) is 12.8 Å². The van der Waals surface area contributed by atoms with Crippen molar-refractivity contribution in [1.82, 2.24) is 0 Å². The van der Waals surface area contributed by atoms with Crippen LogP contribution < -0.4 is 0 Å². The molecule has 0 N–H and O–H groups in total. The molecule has 1 saturated carbocycles. The molecule has 1 aliphatic carbocycles. The van der Waals surface area contributed by atoms with Crippen molar-refractivity contribution >= 4 is 34.8 Å². The minimum Gasteiger partial charge on any atom is -0.227 e. The van der Waals surface area contributed by atoms with Crippen molar-refractivity contribution in [3.63, 3.8) is 0 Å². The van der Waals surface area contributed by atoms with Crippen LogP contribution in [0, 0.1) is 0 Å². The molecule has 2 nitrogen and oxygen atoms in total. The smallest absolute Gasteiger partial charge is 0.0834 e. The van der Waals surface area contributed by atoms with Crippen molar-refractivity contribution in [2.24, 2.45) is 9.98 Å². The summed E-state index contributed by atoms with van der Waals surface area (Å²) in [4.78, 5) is 8.14. The van der Waals surface area contributed by atoms with E-state index in [0.29, 0.717) is 0 Å². The summed E-state index contributed by atoms with van der Waals surface area (Å²) in [6.45, 7) is 0. The summed E-state index contributed by atoms with van der Waals surface area (Å²) in [5.74, 6) is 0. The van der Waals surface area contributed by atoms with Crippen LogP contribution in [0.3, 0.4) is 0 Å². The van der Waals surface area contributed by atoms with E-state index in [2.05, 4.69) is 44.7 Å². The first-order chi connectivity index (χ1) is 5.88. The second-order valence-electron chi connectivity index (χ2n) is 2.86. The summed E-state index contributed by atoms with van der Waals surface area (Å²) >= 11 is 9.13. The van der Waals surface area contributed by atoms with E-state index in [9.17, 15) is 0 Å².